The molecule has 0 unspecified atom stereocenters. The van der Waals surface area contributed by atoms with Crippen LogP contribution in [0, 0.1) is 28.5 Å². The summed E-state index contributed by atoms with van der Waals surface area (Å²) in [5.74, 6) is 0.291. The lowest BCUT2D eigenvalue weighted by molar-refractivity contribution is 0.221. The van der Waals surface area contributed by atoms with Gasteiger partial charge < -0.3 is 14.8 Å². The minimum absolute atomic E-state index is 0.0542. The second-order valence-electron chi connectivity index (χ2n) is 9.26. The normalized spacial score (nSPS) is 14.4. The lowest BCUT2D eigenvalue weighted by Crippen LogP contribution is -2.40. The molecule has 7 heteroatoms. The molecular weight excluding hydrogens is 451 g/mol. The fraction of sp³-hybridized carbons (Fsp3) is 0.276. The van der Waals surface area contributed by atoms with Crippen LogP contribution in [0.4, 0.5) is 10.3 Å². The van der Waals surface area contributed by atoms with Gasteiger partial charge in [0.05, 0.1) is 34.8 Å². The number of hydrogen-bond donors (Lipinski definition) is 1. The number of imidazole rings is 1. The summed E-state index contributed by atoms with van der Waals surface area (Å²) in [6, 6.07) is 24.9. The summed E-state index contributed by atoms with van der Waals surface area (Å²) >= 11 is 0. The van der Waals surface area contributed by atoms with Crippen LogP contribution in [0.2, 0.25) is 0 Å². The Kier molecular flexibility index (Phi) is 6.93. The maximum Gasteiger partial charge on any atom is 0.204 e. The number of nitriles is 2. The topological polar surface area (TPSA) is 80.7 Å². The third-order valence-electron chi connectivity index (χ3n) is 6.87. The molecule has 0 saturated carbocycles. The average molecular weight is 479 g/mol. The Balaban J connectivity index is 1.24. The molecule has 3 aromatic carbocycles. The van der Waals surface area contributed by atoms with Gasteiger partial charge in [0.15, 0.2) is 0 Å². The van der Waals surface area contributed by atoms with E-state index in [1.165, 1.54) is 17.7 Å². The minimum Gasteiger partial charge on any atom is -0.353 e. The lowest BCUT2D eigenvalue weighted by Gasteiger charge is -2.32. The fourth-order valence-electron chi connectivity index (χ4n) is 4.79. The first kappa shape index (κ1) is 23.5. The second-order valence-corrected chi connectivity index (χ2v) is 9.26. The number of likely N-dealkylation sites (tertiary alicyclic amines) is 1. The number of hydrogen-bond acceptors (Lipinski definition) is 5. The number of nitrogens with one attached hydrogen (secondary N) is 1. The smallest absolute Gasteiger partial charge is 0.204 e. The van der Waals surface area contributed by atoms with Gasteiger partial charge >= 0.3 is 0 Å². The molecule has 1 aromatic heterocycles. The van der Waals surface area contributed by atoms with E-state index in [9.17, 15) is 4.39 Å². The van der Waals surface area contributed by atoms with Crippen LogP contribution >= 0.6 is 0 Å². The average Bonchev–Trinajstić information content (AvgIpc) is 3.25. The molecule has 0 atom stereocenters. The highest BCUT2D eigenvalue weighted by Gasteiger charge is 2.21. The lowest BCUT2D eigenvalue weighted by atomic mass is 10.0. The summed E-state index contributed by atoms with van der Waals surface area (Å²) in [5.41, 5.74) is 4.68. The first-order chi connectivity index (χ1) is 17.6. The zero-order valence-corrected chi connectivity index (χ0v) is 20.0. The first-order valence-electron chi connectivity index (χ1n) is 12.2. The number of anilines is 1. The minimum atomic E-state index is -0.498. The van der Waals surface area contributed by atoms with Gasteiger partial charge in [-0.3, -0.25) is 0 Å². The Labute approximate surface area is 210 Å². The summed E-state index contributed by atoms with van der Waals surface area (Å²) in [5, 5.41) is 21.6. The third-order valence-corrected chi connectivity index (χ3v) is 6.87. The van der Waals surface area contributed by atoms with Gasteiger partial charge in [0, 0.05) is 25.7 Å². The van der Waals surface area contributed by atoms with E-state index < -0.39 is 5.82 Å². The predicted molar refractivity (Wildman–Crippen MR) is 138 cm³/mol. The number of nitrogens with zero attached hydrogens (tertiary/aromatic N) is 5. The number of benzene rings is 3. The van der Waals surface area contributed by atoms with Crippen molar-refractivity contribution in [3.63, 3.8) is 0 Å². The number of fused-ring (bicyclic) bond motifs is 1. The number of piperidine rings is 1. The van der Waals surface area contributed by atoms with E-state index in [-0.39, 0.29) is 5.56 Å². The predicted octanol–water partition coefficient (Wildman–Crippen LogP) is 5.09. The molecular formula is C29H27FN6. The number of halogens is 1. The monoisotopic (exact) mass is 478 g/mol. The molecule has 1 fully saturated rings. The molecule has 1 N–H and O–H groups in total. The van der Waals surface area contributed by atoms with Crippen molar-refractivity contribution in [2.75, 3.05) is 25.0 Å². The summed E-state index contributed by atoms with van der Waals surface area (Å²) in [4.78, 5) is 7.32. The van der Waals surface area contributed by atoms with Crippen LogP contribution in [0.15, 0.2) is 66.7 Å². The van der Waals surface area contributed by atoms with Crippen LogP contribution in [0.25, 0.3) is 11.0 Å². The Morgan fingerprint density at radius 3 is 2.42 bits per heavy atom. The van der Waals surface area contributed by atoms with Crippen molar-refractivity contribution < 1.29 is 4.39 Å². The zero-order valence-electron chi connectivity index (χ0n) is 20.0. The Hall–Kier alpha value is -4.20. The summed E-state index contributed by atoms with van der Waals surface area (Å²) in [7, 11) is 0. The fourth-order valence-corrected chi connectivity index (χ4v) is 4.79. The highest BCUT2D eigenvalue weighted by Crippen LogP contribution is 2.24. The zero-order chi connectivity index (χ0) is 24.9. The van der Waals surface area contributed by atoms with Gasteiger partial charge in [0.1, 0.15) is 11.9 Å². The number of aromatic nitrogens is 2. The SMILES string of the molecule is N#Cc1ccc(CCN2CCC(Nc3nc4ccccc4n3Cc3ccc(C#N)c(F)c3)CC2)cc1. The van der Waals surface area contributed by atoms with Crippen molar-refractivity contribution >= 4 is 17.0 Å². The van der Waals surface area contributed by atoms with Gasteiger partial charge in [-0.1, -0.05) is 30.3 Å². The van der Waals surface area contributed by atoms with Crippen LogP contribution in [-0.4, -0.2) is 40.1 Å². The van der Waals surface area contributed by atoms with Crippen molar-refractivity contribution in [1.29, 1.82) is 10.5 Å². The van der Waals surface area contributed by atoms with Gasteiger partial charge in [-0.05, 0) is 66.8 Å². The van der Waals surface area contributed by atoms with Crippen molar-refractivity contribution in [2.45, 2.75) is 31.8 Å². The van der Waals surface area contributed by atoms with E-state index in [4.69, 9.17) is 15.5 Å². The molecule has 0 spiro atoms. The van der Waals surface area contributed by atoms with Gasteiger partial charge in [-0.25, -0.2) is 9.37 Å². The van der Waals surface area contributed by atoms with Gasteiger partial charge in [-0.2, -0.15) is 10.5 Å². The quantitative estimate of drug-likeness (QED) is 0.400. The molecule has 1 saturated heterocycles. The Morgan fingerprint density at radius 2 is 1.69 bits per heavy atom. The molecule has 4 aromatic rings. The van der Waals surface area contributed by atoms with E-state index >= 15 is 0 Å². The number of para-hydroxylation sites is 2. The summed E-state index contributed by atoms with van der Waals surface area (Å²) < 4.78 is 16.3. The highest BCUT2D eigenvalue weighted by molar-refractivity contribution is 5.78. The maximum absolute atomic E-state index is 14.2. The largest absolute Gasteiger partial charge is 0.353 e. The molecule has 36 heavy (non-hydrogen) atoms. The van der Waals surface area contributed by atoms with Crippen molar-refractivity contribution in [3.8, 4) is 12.1 Å². The van der Waals surface area contributed by atoms with Gasteiger partial charge in [0.25, 0.3) is 0 Å². The molecule has 1 aliphatic heterocycles. The van der Waals surface area contributed by atoms with E-state index in [2.05, 4.69) is 20.9 Å². The van der Waals surface area contributed by atoms with Crippen LogP contribution < -0.4 is 5.32 Å². The summed E-state index contributed by atoms with van der Waals surface area (Å²) in [6.45, 7) is 3.49. The molecule has 0 aliphatic carbocycles. The van der Waals surface area contributed by atoms with Gasteiger partial charge in [0.2, 0.25) is 5.95 Å². The molecule has 1 aliphatic rings. The number of rotatable bonds is 7. The van der Waals surface area contributed by atoms with Crippen LogP contribution in [0.5, 0.6) is 0 Å². The van der Waals surface area contributed by atoms with E-state index in [1.807, 2.05) is 54.6 Å². The van der Waals surface area contributed by atoms with E-state index in [0.717, 1.165) is 61.4 Å². The summed E-state index contributed by atoms with van der Waals surface area (Å²) in [6.07, 6.45) is 3.00. The molecule has 180 valence electrons. The molecule has 5 rings (SSSR count). The van der Waals surface area contributed by atoms with Crippen LogP contribution in [0.1, 0.15) is 35.1 Å². The van der Waals surface area contributed by atoms with Crippen LogP contribution in [0.3, 0.4) is 0 Å². The molecule has 2 heterocycles. The molecule has 6 nitrogen and oxygen atoms in total. The van der Waals surface area contributed by atoms with Crippen LogP contribution in [-0.2, 0) is 13.0 Å². The maximum atomic E-state index is 14.2. The van der Waals surface area contributed by atoms with Crippen molar-refractivity contribution in [3.05, 3.63) is 94.8 Å². The molecule has 0 bridgehead atoms. The standard InChI is InChI=1S/C29H27FN6/c30-26-17-23(9-10-24(26)19-32)20-36-28-4-2-1-3-27(28)34-29(36)33-25-12-15-35(16-13-25)14-11-21-5-7-22(18-31)8-6-21/h1-10,17,25H,11-16,20H2,(H,33,34). The highest BCUT2D eigenvalue weighted by atomic mass is 19.1. The molecule has 0 amide bonds. The van der Waals surface area contributed by atoms with Gasteiger partial charge in [-0.15, -0.1) is 0 Å². The van der Waals surface area contributed by atoms with E-state index in [1.54, 1.807) is 6.07 Å². The van der Waals surface area contributed by atoms with E-state index in [0.29, 0.717) is 18.2 Å². The molecule has 0 radical (unpaired) electrons. The Bertz CT molecular complexity index is 1440. The first-order valence-corrected chi connectivity index (χ1v) is 12.2. The third kappa shape index (κ3) is 5.22. The van der Waals surface area contributed by atoms with Crippen molar-refractivity contribution in [2.24, 2.45) is 0 Å². The Morgan fingerprint density at radius 1 is 0.944 bits per heavy atom. The van der Waals surface area contributed by atoms with Crippen molar-refractivity contribution in [1.82, 2.24) is 14.5 Å². The second kappa shape index (κ2) is 10.6.